The maximum atomic E-state index is 13.3. The third-order valence-corrected chi connectivity index (χ3v) is 6.05. The lowest BCUT2D eigenvalue weighted by atomic mass is 10.1. The standard InChI is InChI=1S/C27H17ClF6N8O2/c28-16-10-19(23(35)36-11-16)14-1-4-18(5-2-14)44-25-37-12-17(13-38-25)39-24(43)40-20-9-15(26(29,30)31)3-6-21(20)42-8-7-22(41-42)27(32,33)34/h1-13H,(H2,35,36)(H2,39,40,43). The number of carbonyl (C=O) groups excluding carboxylic acids is 1. The van der Waals surface area contributed by atoms with Gasteiger partial charge in [-0.2, -0.15) is 31.4 Å². The Hall–Kier alpha value is -5.38. The van der Waals surface area contributed by atoms with Crippen molar-refractivity contribution < 1.29 is 35.9 Å². The Morgan fingerprint density at radius 1 is 0.864 bits per heavy atom. The van der Waals surface area contributed by atoms with Gasteiger partial charge in [0.05, 0.1) is 40.0 Å². The van der Waals surface area contributed by atoms with Crippen LogP contribution in [-0.4, -0.2) is 30.8 Å². The lowest BCUT2D eigenvalue weighted by Gasteiger charge is -2.15. The van der Waals surface area contributed by atoms with E-state index in [0.717, 1.165) is 17.8 Å². The first kappa shape index (κ1) is 30.1. The van der Waals surface area contributed by atoms with Gasteiger partial charge in [0.2, 0.25) is 0 Å². The number of amides is 2. The number of nitrogens with two attached hydrogens (primary N) is 1. The molecule has 226 valence electrons. The van der Waals surface area contributed by atoms with Crippen LogP contribution in [0.25, 0.3) is 16.8 Å². The first-order valence-corrected chi connectivity index (χ1v) is 12.6. The van der Waals surface area contributed by atoms with Gasteiger partial charge >= 0.3 is 24.4 Å². The molecular formula is C27H17ClF6N8O2. The molecule has 0 spiro atoms. The van der Waals surface area contributed by atoms with Crippen LogP contribution in [0.15, 0.2) is 79.4 Å². The van der Waals surface area contributed by atoms with E-state index in [1.165, 1.54) is 18.6 Å². The number of nitrogens with one attached hydrogen (secondary N) is 2. The summed E-state index contributed by atoms with van der Waals surface area (Å²) in [6.07, 6.45) is -4.91. The molecule has 5 aromatic rings. The molecule has 0 saturated heterocycles. The van der Waals surface area contributed by atoms with Gasteiger partial charge in [0.1, 0.15) is 11.6 Å². The highest BCUT2D eigenvalue weighted by atomic mass is 35.5. The number of anilines is 3. The van der Waals surface area contributed by atoms with Gasteiger partial charge in [-0.3, -0.25) is 0 Å². The van der Waals surface area contributed by atoms with E-state index in [1.807, 2.05) is 0 Å². The number of nitrogen functional groups attached to an aromatic ring is 1. The SMILES string of the molecule is Nc1ncc(Cl)cc1-c1ccc(Oc2ncc(NC(=O)Nc3cc(C(F)(F)F)ccc3-n3ccc(C(F)(F)F)n3)cn2)cc1. The molecule has 2 amide bonds. The number of benzene rings is 2. The summed E-state index contributed by atoms with van der Waals surface area (Å²) < 4.78 is 85.3. The maximum Gasteiger partial charge on any atom is 0.435 e. The summed E-state index contributed by atoms with van der Waals surface area (Å²) in [5.41, 5.74) is 4.16. The molecule has 0 fully saturated rings. The van der Waals surface area contributed by atoms with E-state index in [0.29, 0.717) is 45.0 Å². The number of halogens is 7. The van der Waals surface area contributed by atoms with Crippen molar-refractivity contribution >= 4 is 34.8 Å². The van der Waals surface area contributed by atoms with Gasteiger partial charge in [0.25, 0.3) is 0 Å². The highest BCUT2D eigenvalue weighted by Crippen LogP contribution is 2.35. The fourth-order valence-corrected chi connectivity index (χ4v) is 3.99. The highest BCUT2D eigenvalue weighted by molar-refractivity contribution is 6.30. The van der Waals surface area contributed by atoms with Gasteiger partial charge in [0, 0.05) is 18.0 Å². The minimum Gasteiger partial charge on any atom is -0.424 e. The number of rotatable bonds is 6. The van der Waals surface area contributed by atoms with Crippen LogP contribution in [0.5, 0.6) is 11.8 Å². The second-order valence-corrected chi connectivity index (χ2v) is 9.36. The third-order valence-electron chi connectivity index (χ3n) is 5.84. The average Bonchev–Trinajstić information content (AvgIpc) is 3.46. The second-order valence-electron chi connectivity index (χ2n) is 8.92. The van der Waals surface area contributed by atoms with Crippen LogP contribution in [0, 0.1) is 0 Å². The monoisotopic (exact) mass is 634 g/mol. The number of aromatic nitrogens is 5. The summed E-state index contributed by atoms with van der Waals surface area (Å²) >= 11 is 5.99. The van der Waals surface area contributed by atoms with Crippen LogP contribution in [0.1, 0.15) is 11.3 Å². The molecule has 10 nitrogen and oxygen atoms in total. The normalized spacial score (nSPS) is 11.7. The number of urea groups is 1. The van der Waals surface area contributed by atoms with Gasteiger partial charge in [-0.05, 0) is 48.0 Å². The van der Waals surface area contributed by atoms with Gasteiger partial charge in [-0.15, -0.1) is 0 Å². The van der Waals surface area contributed by atoms with Crippen LogP contribution < -0.4 is 21.1 Å². The summed E-state index contributed by atoms with van der Waals surface area (Å²) in [7, 11) is 0. The lowest BCUT2D eigenvalue weighted by molar-refractivity contribution is -0.141. The first-order chi connectivity index (χ1) is 20.8. The molecule has 0 bridgehead atoms. The molecule has 0 saturated carbocycles. The van der Waals surface area contributed by atoms with Crippen molar-refractivity contribution in [1.29, 1.82) is 0 Å². The lowest BCUT2D eigenvalue weighted by Crippen LogP contribution is -2.21. The third kappa shape index (κ3) is 6.97. The molecular weight excluding hydrogens is 618 g/mol. The summed E-state index contributed by atoms with van der Waals surface area (Å²) in [5, 5.41) is 8.30. The maximum absolute atomic E-state index is 13.3. The molecule has 0 aliphatic carbocycles. The summed E-state index contributed by atoms with van der Waals surface area (Å²) in [4.78, 5) is 24.6. The van der Waals surface area contributed by atoms with Crippen molar-refractivity contribution in [2.24, 2.45) is 0 Å². The van der Waals surface area contributed by atoms with Crippen molar-refractivity contribution in [3.63, 3.8) is 0 Å². The van der Waals surface area contributed by atoms with Gasteiger partial charge in [-0.1, -0.05) is 23.7 Å². The van der Waals surface area contributed by atoms with Crippen LogP contribution in [-0.2, 0) is 12.4 Å². The van der Waals surface area contributed by atoms with E-state index in [9.17, 15) is 31.1 Å². The van der Waals surface area contributed by atoms with E-state index in [1.54, 1.807) is 30.3 Å². The van der Waals surface area contributed by atoms with Crippen molar-refractivity contribution in [3.05, 3.63) is 95.7 Å². The minimum absolute atomic E-state index is 0.0288. The van der Waals surface area contributed by atoms with E-state index >= 15 is 0 Å². The Morgan fingerprint density at radius 2 is 1.57 bits per heavy atom. The van der Waals surface area contributed by atoms with Crippen LogP contribution >= 0.6 is 11.6 Å². The number of nitrogens with zero attached hydrogens (tertiary/aromatic N) is 5. The Morgan fingerprint density at radius 3 is 2.20 bits per heavy atom. The summed E-state index contributed by atoms with van der Waals surface area (Å²) in [6.45, 7) is 0. The molecule has 0 atom stereocenters. The van der Waals surface area contributed by atoms with Gasteiger partial charge in [-0.25, -0.2) is 24.4 Å². The Balaban J connectivity index is 1.28. The van der Waals surface area contributed by atoms with Crippen molar-refractivity contribution in [1.82, 2.24) is 24.7 Å². The van der Waals surface area contributed by atoms with E-state index in [-0.39, 0.29) is 17.4 Å². The summed E-state index contributed by atoms with van der Waals surface area (Å²) in [5.74, 6) is 0.657. The number of carbonyl (C=O) groups is 1. The summed E-state index contributed by atoms with van der Waals surface area (Å²) in [6, 6.07) is 9.98. The van der Waals surface area contributed by atoms with Gasteiger partial charge in [0.15, 0.2) is 5.69 Å². The van der Waals surface area contributed by atoms with Crippen molar-refractivity contribution in [2.45, 2.75) is 12.4 Å². The molecule has 2 aromatic carbocycles. The Labute approximate surface area is 248 Å². The predicted molar refractivity (Wildman–Crippen MR) is 147 cm³/mol. The quantitative estimate of drug-likeness (QED) is 0.165. The van der Waals surface area contributed by atoms with Crippen LogP contribution in [0.4, 0.5) is 48.3 Å². The van der Waals surface area contributed by atoms with E-state index in [2.05, 4.69) is 30.7 Å². The molecule has 3 aromatic heterocycles. The minimum atomic E-state index is -4.80. The molecule has 5 rings (SSSR count). The Kier molecular flexibility index (Phi) is 8.01. The van der Waals surface area contributed by atoms with Crippen molar-refractivity contribution in [2.75, 3.05) is 16.4 Å². The molecule has 44 heavy (non-hydrogen) atoms. The van der Waals surface area contributed by atoms with Crippen LogP contribution in [0.3, 0.4) is 0 Å². The zero-order valence-electron chi connectivity index (χ0n) is 21.8. The molecule has 0 radical (unpaired) electrons. The van der Waals surface area contributed by atoms with Crippen molar-refractivity contribution in [3.8, 4) is 28.6 Å². The molecule has 0 aliphatic rings. The number of alkyl halides is 6. The molecule has 3 heterocycles. The highest BCUT2D eigenvalue weighted by Gasteiger charge is 2.34. The average molecular weight is 635 g/mol. The first-order valence-electron chi connectivity index (χ1n) is 12.2. The smallest absolute Gasteiger partial charge is 0.424 e. The molecule has 17 heteroatoms. The van der Waals surface area contributed by atoms with Gasteiger partial charge < -0.3 is 21.1 Å². The molecule has 4 N–H and O–H groups in total. The zero-order valence-corrected chi connectivity index (χ0v) is 22.5. The second kappa shape index (κ2) is 11.7. The fraction of sp³-hybridized carbons (Fsp3) is 0.0741. The number of hydrogen-bond donors (Lipinski definition) is 3. The Bertz CT molecular complexity index is 1810. The number of hydrogen-bond acceptors (Lipinski definition) is 7. The van der Waals surface area contributed by atoms with Crippen LogP contribution in [0.2, 0.25) is 5.02 Å². The molecule has 0 unspecified atom stereocenters. The number of ether oxygens (including phenoxy) is 1. The molecule has 0 aliphatic heterocycles. The predicted octanol–water partition coefficient (Wildman–Crippen LogP) is 7.43. The number of pyridine rings is 1. The largest absolute Gasteiger partial charge is 0.435 e. The zero-order chi connectivity index (χ0) is 31.6. The van der Waals surface area contributed by atoms with E-state index < -0.39 is 35.3 Å². The van der Waals surface area contributed by atoms with E-state index in [4.69, 9.17) is 22.1 Å². The topological polar surface area (TPSA) is 133 Å². The fourth-order valence-electron chi connectivity index (χ4n) is 3.83.